The SMILES string of the molecule is Cc1cccn2c(C=O)c(-c3ccc(F)cc3F)cc12. The minimum Gasteiger partial charge on any atom is -0.313 e. The highest BCUT2D eigenvalue weighted by atomic mass is 19.1. The summed E-state index contributed by atoms with van der Waals surface area (Å²) in [5.74, 6) is -1.32. The molecule has 0 radical (unpaired) electrons. The Hall–Kier alpha value is -2.49. The summed E-state index contributed by atoms with van der Waals surface area (Å²) in [5.41, 5.74) is 2.84. The second kappa shape index (κ2) is 4.56. The Kier molecular flexibility index (Phi) is 2.86. The molecule has 0 bridgehead atoms. The number of aromatic nitrogens is 1. The molecule has 0 saturated carbocycles. The van der Waals surface area contributed by atoms with Crippen molar-refractivity contribution in [3.63, 3.8) is 0 Å². The minimum atomic E-state index is -0.679. The zero-order chi connectivity index (χ0) is 14.3. The number of benzene rings is 1. The fourth-order valence-electron chi connectivity index (χ4n) is 2.41. The first-order valence-corrected chi connectivity index (χ1v) is 6.13. The molecule has 0 unspecified atom stereocenters. The lowest BCUT2D eigenvalue weighted by molar-refractivity contribution is 0.111. The summed E-state index contributed by atoms with van der Waals surface area (Å²) in [6.07, 6.45) is 2.43. The van der Waals surface area contributed by atoms with Crippen molar-refractivity contribution >= 4 is 11.8 Å². The van der Waals surface area contributed by atoms with Crippen molar-refractivity contribution in [3.05, 3.63) is 65.5 Å². The number of carbonyl (C=O) groups is 1. The molecule has 0 N–H and O–H groups in total. The zero-order valence-corrected chi connectivity index (χ0v) is 10.7. The average Bonchev–Trinajstić information content (AvgIpc) is 2.78. The van der Waals surface area contributed by atoms with Gasteiger partial charge in [-0.25, -0.2) is 8.78 Å². The van der Waals surface area contributed by atoms with Crippen molar-refractivity contribution in [1.82, 2.24) is 4.40 Å². The molecule has 2 nitrogen and oxygen atoms in total. The number of carbonyl (C=O) groups excluding carboxylic acids is 1. The number of rotatable bonds is 2. The molecule has 3 aromatic rings. The van der Waals surface area contributed by atoms with Crippen molar-refractivity contribution in [2.45, 2.75) is 6.92 Å². The van der Waals surface area contributed by atoms with Crippen molar-refractivity contribution in [2.75, 3.05) is 0 Å². The molecule has 0 fully saturated rings. The van der Waals surface area contributed by atoms with Crippen LogP contribution < -0.4 is 0 Å². The lowest BCUT2D eigenvalue weighted by atomic mass is 10.1. The predicted molar refractivity (Wildman–Crippen MR) is 72.9 cm³/mol. The lowest BCUT2D eigenvalue weighted by Crippen LogP contribution is -1.94. The molecule has 2 aromatic heterocycles. The van der Waals surface area contributed by atoms with Gasteiger partial charge in [-0.15, -0.1) is 0 Å². The molecule has 0 aliphatic heterocycles. The molecule has 0 saturated heterocycles. The van der Waals surface area contributed by atoms with Gasteiger partial charge in [-0.3, -0.25) is 4.79 Å². The van der Waals surface area contributed by atoms with Gasteiger partial charge in [-0.05, 0) is 36.8 Å². The summed E-state index contributed by atoms with van der Waals surface area (Å²) < 4.78 is 28.6. The van der Waals surface area contributed by atoms with Gasteiger partial charge in [0.25, 0.3) is 0 Å². The van der Waals surface area contributed by atoms with Gasteiger partial charge >= 0.3 is 0 Å². The molecule has 2 heterocycles. The van der Waals surface area contributed by atoms with Crippen LogP contribution in [0.25, 0.3) is 16.6 Å². The van der Waals surface area contributed by atoms with Crippen LogP contribution in [0.5, 0.6) is 0 Å². The van der Waals surface area contributed by atoms with E-state index in [4.69, 9.17) is 0 Å². The van der Waals surface area contributed by atoms with E-state index in [-0.39, 0.29) is 5.56 Å². The number of aryl methyl sites for hydroxylation is 1. The van der Waals surface area contributed by atoms with Gasteiger partial charge in [-0.2, -0.15) is 0 Å². The molecule has 100 valence electrons. The molecule has 0 atom stereocenters. The number of hydrogen-bond acceptors (Lipinski definition) is 1. The van der Waals surface area contributed by atoms with E-state index >= 15 is 0 Å². The maximum atomic E-state index is 13.9. The Bertz CT molecular complexity index is 821. The lowest BCUT2D eigenvalue weighted by Gasteiger charge is -2.02. The normalized spacial score (nSPS) is 10.9. The van der Waals surface area contributed by atoms with Crippen LogP contribution in [0.15, 0.2) is 42.6 Å². The molecular weight excluding hydrogens is 260 g/mol. The van der Waals surface area contributed by atoms with E-state index < -0.39 is 11.6 Å². The van der Waals surface area contributed by atoms with Crippen LogP contribution in [0, 0.1) is 18.6 Å². The average molecular weight is 271 g/mol. The summed E-state index contributed by atoms with van der Waals surface area (Å²) in [6.45, 7) is 1.91. The number of fused-ring (bicyclic) bond motifs is 1. The third kappa shape index (κ3) is 1.81. The largest absolute Gasteiger partial charge is 0.313 e. The summed E-state index contributed by atoms with van der Waals surface area (Å²) in [5, 5.41) is 0. The van der Waals surface area contributed by atoms with Gasteiger partial charge in [-0.1, -0.05) is 6.07 Å². The number of pyridine rings is 1. The minimum absolute atomic E-state index is 0.219. The van der Waals surface area contributed by atoms with E-state index in [1.165, 1.54) is 12.1 Å². The predicted octanol–water partition coefficient (Wildman–Crippen LogP) is 4.01. The van der Waals surface area contributed by atoms with Crippen LogP contribution in [-0.4, -0.2) is 10.7 Å². The summed E-state index contributed by atoms with van der Waals surface area (Å²) in [7, 11) is 0. The Balaban J connectivity index is 2.36. The second-order valence-corrected chi connectivity index (χ2v) is 4.63. The Morgan fingerprint density at radius 1 is 1.10 bits per heavy atom. The maximum absolute atomic E-state index is 13.9. The van der Waals surface area contributed by atoms with Crippen molar-refractivity contribution in [2.24, 2.45) is 0 Å². The maximum Gasteiger partial charge on any atom is 0.167 e. The fourth-order valence-corrected chi connectivity index (χ4v) is 2.41. The smallest absolute Gasteiger partial charge is 0.167 e. The highest BCUT2D eigenvalue weighted by Crippen LogP contribution is 2.30. The molecule has 0 aliphatic carbocycles. The third-order valence-electron chi connectivity index (χ3n) is 3.39. The summed E-state index contributed by atoms with van der Waals surface area (Å²) >= 11 is 0. The van der Waals surface area contributed by atoms with Crippen LogP contribution in [0.3, 0.4) is 0 Å². The van der Waals surface area contributed by atoms with Gasteiger partial charge in [0.1, 0.15) is 11.6 Å². The molecule has 0 aliphatic rings. The standard InChI is InChI=1S/C16H11F2NO/c1-10-3-2-6-19-15(10)8-13(16(19)9-20)12-5-4-11(17)7-14(12)18/h2-9H,1H3. The molecule has 0 amide bonds. The van der Waals surface area contributed by atoms with Crippen LogP contribution in [0.1, 0.15) is 16.1 Å². The van der Waals surface area contributed by atoms with Crippen LogP contribution in [0.2, 0.25) is 0 Å². The monoisotopic (exact) mass is 271 g/mol. The van der Waals surface area contributed by atoms with Gasteiger partial charge in [0, 0.05) is 28.9 Å². The Labute approximate surface area is 114 Å². The van der Waals surface area contributed by atoms with Gasteiger partial charge in [0.15, 0.2) is 6.29 Å². The van der Waals surface area contributed by atoms with E-state index in [1.807, 2.05) is 19.1 Å². The van der Waals surface area contributed by atoms with Crippen LogP contribution >= 0.6 is 0 Å². The topological polar surface area (TPSA) is 21.5 Å². The number of nitrogens with zero attached hydrogens (tertiary/aromatic N) is 1. The van der Waals surface area contributed by atoms with E-state index in [0.29, 0.717) is 17.5 Å². The van der Waals surface area contributed by atoms with E-state index in [1.54, 1.807) is 16.7 Å². The van der Waals surface area contributed by atoms with Crippen molar-refractivity contribution in [3.8, 4) is 11.1 Å². The van der Waals surface area contributed by atoms with E-state index in [2.05, 4.69) is 0 Å². The van der Waals surface area contributed by atoms with Crippen molar-refractivity contribution in [1.29, 1.82) is 0 Å². The van der Waals surface area contributed by atoms with E-state index in [0.717, 1.165) is 17.1 Å². The molecule has 3 rings (SSSR count). The number of halogens is 2. The van der Waals surface area contributed by atoms with Gasteiger partial charge < -0.3 is 4.40 Å². The van der Waals surface area contributed by atoms with Crippen LogP contribution in [0.4, 0.5) is 8.78 Å². The molecule has 4 heteroatoms. The van der Waals surface area contributed by atoms with Gasteiger partial charge in [0.05, 0.1) is 5.69 Å². The third-order valence-corrected chi connectivity index (χ3v) is 3.39. The zero-order valence-electron chi connectivity index (χ0n) is 10.7. The number of hydrogen-bond donors (Lipinski definition) is 0. The number of aldehydes is 1. The van der Waals surface area contributed by atoms with Gasteiger partial charge in [0.2, 0.25) is 0 Å². The van der Waals surface area contributed by atoms with Crippen LogP contribution in [-0.2, 0) is 0 Å². The fraction of sp³-hybridized carbons (Fsp3) is 0.0625. The van der Waals surface area contributed by atoms with E-state index in [9.17, 15) is 13.6 Å². The molecular formula is C16H11F2NO. The first-order chi connectivity index (χ1) is 9.61. The molecule has 0 spiro atoms. The quantitative estimate of drug-likeness (QED) is 0.645. The summed E-state index contributed by atoms with van der Waals surface area (Å²) in [4.78, 5) is 11.3. The Morgan fingerprint density at radius 3 is 2.60 bits per heavy atom. The summed E-state index contributed by atoms with van der Waals surface area (Å²) in [6, 6.07) is 8.83. The first-order valence-electron chi connectivity index (χ1n) is 6.13. The molecule has 1 aromatic carbocycles. The molecule has 20 heavy (non-hydrogen) atoms. The van der Waals surface area contributed by atoms with Crippen molar-refractivity contribution < 1.29 is 13.6 Å². The highest BCUT2D eigenvalue weighted by molar-refractivity contribution is 5.90. The Morgan fingerprint density at radius 2 is 1.90 bits per heavy atom. The first kappa shape index (κ1) is 12.5. The second-order valence-electron chi connectivity index (χ2n) is 4.63. The highest BCUT2D eigenvalue weighted by Gasteiger charge is 2.15.